The van der Waals surface area contributed by atoms with E-state index < -0.39 is 17.0 Å². The molecule has 0 saturated heterocycles. The third kappa shape index (κ3) is 3.52. The Morgan fingerprint density at radius 2 is 2.00 bits per heavy atom. The van der Waals surface area contributed by atoms with Gasteiger partial charge in [-0.25, -0.2) is 4.79 Å². The first-order chi connectivity index (χ1) is 10.9. The summed E-state index contributed by atoms with van der Waals surface area (Å²) >= 11 is 0. The molecule has 0 aliphatic heterocycles. The first kappa shape index (κ1) is 16.2. The minimum absolute atomic E-state index is 0.00448. The summed E-state index contributed by atoms with van der Waals surface area (Å²) in [4.78, 5) is 40.7. The number of rotatable bonds is 4. The fourth-order valence-corrected chi connectivity index (χ4v) is 2.29. The molecule has 23 heavy (non-hydrogen) atoms. The van der Waals surface area contributed by atoms with Crippen molar-refractivity contribution in [3.63, 3.8) is 0 Å². The van der Waals surface area contributed by atoms with Gasteiger partial charge in [0.25, 0.3) is 5.56 Å². The highest BCUT2D eigenvalue weighted by atomic mass is 16.2. The minimum Gasteiger partial charge on any atom is -0.304 e. The predicted molar refractivity (Wildman–Crippen MR) is 86.3 cm³/mol. The van der Waals surface area contributed by atoms with Crippen molar-refractivity contribution in [3.05, 3.63) is 73.6 Å². The molecule has 1 heterocycles. The number of ketones is 1. The number of carbonyl (C=O) groups is 1. The van der Waals surface area contributed by atoms with Crippen LogP contribution < -0.4 is 11.2 Å². The molecule has 6 nitrogen and oxygen atoms in total. The first-order valence-electron chi connectivity index (χ1n) is 7.01. The van der Waals surface area contributed by atoms with Gasteiger partial charge in [0.15, 0.2) is 0 Å². The second-order valence-corrected chi connectivity index (χ2v) is 5.27. The summed E-state index contributed by atoms with van der Waals surface area (Å²) in [5.74, 6) is -0.666. The van der Waals surface area contributed by atoms with Crippen LogP contribution in [0.2, 0.25) is 0 Å². The average Bonchev–Trinajstić information content (AvgIpc) is 2.51. The lowest BCUT2D eigenvalue weighted by molar-refractivity contribution is 0.103. The molecule has 0 saturated carbocycles. The SMILES string of the molecule is CC(C)c1c(C(=O)c2cccc(/C=C/C#N)c2)[nH]c(=O)[nH]c1=O. The fourth-order valence-electron chi connectivity index (χ4n) is 2.29. The van der Waals surface area contributed by atoms with Crippen LogP contribution in [0.4, 0.5) is 0 Å². The van der Waals surface area contributed by atoms with Crippen LogP contribution >= 0.6 is 0 Å². The number of H-pyrrole nitrogens is 2. The van der Waals surface area contributed by atoms with Gasteiger partial charge in [-0.15, -0.1) is 0 Å². The van der Waals surface area contributed by atoms with E-state index in [1.807, 2.05) is 6.07 Å². The molecule has 0 fully saturated rings. The van der Waals surface area contributed by atoms with E-state index in [9.17, 15) is 14.4 Å². The first-order valence-corrected chi connectivity index (χ1v) is 7.01. The number of carbonyl (C=O) groups excluding carboxylic acids is 1. The number of nitriles is 1. The lowest BCUT2D eigenvalue weighted by Crippen LogP contribution is -2.30. The van der Waals surface area contributed by atoms with Crippen molar-refractivity contribution in [2.75, 3.05) is 0 Å². The Morgan fingerprint density at radius 1 is 1.26 bits per heavy atom. The standard InChI is InChI=1S/C17H15N3O3/c1-10(2)13-14(19-17(23)20-16(13)22)15(21)12-7-3-5-11(9-12)6-4-8-18/h3-7,9-10H,1-2H3,(H2,19,20,22,23)/b6-4+. The van der Waals surface area contributed by atoms with Crippen molar-refractivity contribution >= 4 is 11.9 Å². The van der Waals surface area contributed by atoms with E-state index in [-0.39, 0.29) is 17.2 Å². The lowest BCUT2D eigenvalue weighted by atomic mass is 9.97. The monoisotopic (exact) mass is 309 g/mol. The average molecular weight is 309 g/mol. The van der Waals surface area contributed by atoms with Crippen LogP contribution in [0.3, 0.4) is 0 Å². The van der Waals surface area contributed by atoms with E-state index in [1.165, 1.54) is 6.08 Å². The van der Waals surface area contributed by atoms with E-state index in [2.05, 4.69) is 9.97 Å². The molecule has 2 N–H and O–H groups in total. The van der Waals surface area contributed by atoms with E-state index in [0.29, 0.717) is 11.1 Å². The van der Waals surface area contributed by atoms with E-state index in [0.717, 1.165) is 0 Å². The van der Waals surface area contributed by atoms with Gasteiger partial charge in [-0.3, -0.25) is 14.6 Å². The zero-order valence-electron chi connectivity index (χ0n) is 12.7. The molecular weight excluding hydrogens is 294 g/mol. The van der Waals surface area contributed by atoms with Crippen LogP contribution in [0.1, 0.15) is 46.9 Å². The maximum absolute atomic E-state index is 12.7. The van der Waals surface area contributed by atoms with Gasteiger partial charge in [0, 0.05) is 17.2 Å². The summed E-state index contributed by atoms with van der Waals surface area (Å²) < 4.78 is 0. The molecule has 0 unspecified atom stereocenters. The summed E-state index contributed by atoms with van der Waals surface area (Å²) in [6, 6.07) is 8.48. The predicted octanol–water partition coefficient (Wildman–Crippen LogP) is 1.95. The molecule has 0 amide bonds. The summed E-state index contributed by atoms with van der Waals surface area (Å²) in [7, 11) is 0. The summed E-state index contributed by atoms with van der Waals surface area (Å²) in [5.41, 5.74) is -0.0393. The molecule has 1 aromatic carbocycles. The van der Waals surface area contributed by atoms with E-state index in [1.54, 1.807) is 44.2 Å². The number of hydrogen-bond acceptors (Lipinski definition) is 4. The van der Waals surface area contributed by atoms with Crippen molar-refractivity contribution in [2.24, 2.45) is 0 Å². The van der Waals surface area contributed by atoms with Crippen LogP contribution in [-0.4, -0.2) is 15.8 Å². The Kier molecular flexibility index (Phi) is 4.72. The van der Waals surface area contributed by atoms with Crippen LogP contribution in [0.25, 0.3) is 6.08 Å². The summed E-state index contributed by atoms with van der Waals surface area (Å²) in [6.07, 6.45) is 2.87. The molecule has 0 bridgehead atoms. The topological polar surface area (TPSA) is 107 Å². The van der Waals surface area contributed by atoms with Gasteiger partial charge in [0.1, 0.15) is 0 Å². The summed E-state index contributed by atoms with van der Waals surface area (Å²) in [5, 5.41) is 8.56. The van der Waals surface area contributed by atoms with Crippen LogP contribution in [0, 0.1) is 11.3 Å². The third-order valence-electron chi connectivity index (χ3n) is 3.28. The van der Waals surface area contributed by atoms with Crippen molar-refractivity contribution in [3.8, 4) is 6.07 Å². The molecular formula is C17H15N3O3. The minimum atomic E-state index is -0.719. The zero-order chi connectivity index (χ0) is 17.0. The second-order valence-electron chi connectivity index (χ2n) is 5.27. The van der Waals surface area contributed by atoms with Crippen LogP contribution in [-0.2, 0) is 0 Å². The number of hydrogen-bond donors (Lipinski definition) is 2. The zero-order valence-corrected chi connectivity index (χ0v) is 12.7. The fraction of sp³-hybridized carbons (Fsp3) is 0.176. The molecule has 6 heteroatoms. The Balaban J connectivity index is 2.58. The number of nitrogens with zero attached hydrogens (tertiary/aromatic N) is 1. The van der Waals surface area contributed by atoms with Gasteiger partial charge in [0.05, 0.1) is 11.8 Å². The second kappa shape index (κ2) is 6.71. The quantitative estimate of drug-likeness (QED) is 0.665. The molecule has 0 aliphatic carbocycles. The third-order valence-corrected chi connectivity index (χ3v) is 3.28. The van der Waals surface area contributed by atoms with Gasteiger partial charge < -0.3 is 4.98 Å². The Morgan fingerprint density at radius 3 is 2.65 bits per heavy atom. The highest BCUT2D eigenvalue weighted by Crippen LogP contribution is 2.17. The molecule has 1 aromatic heterocycles. The van der Waals surface area contributed by atoms with Gasteiger partial charge in [-0.1, -0.05) is 32.0 Å². The highest BCUT2D eigenvalue weighted by molar-refractivity contribution is 6.08. The van der Waals surface area contributed by atoms with E-state index >= 15 is 0 Å². The number of allylic oxidation sites excluding steroid dienone is 1. The van der Waals surface area contributed by atoms with Gasteiger partial charge in [-0.05, 0) is 23.6 Å². The molecule has 116 valence electrons. The number of aromatic nitrogens is 2. The van der Waals surface area contributed by atoms with Gasteiger partial charge >= 0.3 is 5.69 Å². The molecule has 2 rings (SSSR count). The highest BCUT2D eigenvalue weighted by Gasteiger charge is 2.20. The smallest absolute Gasteiger partial charge is 0.304 e. The van der Waals surface area contributed by atoms with E-state index in [4.69, 9.17) is 5.26 Å². The van der Waals surface area contributed by atoms with Crippen molar-refractivity contribution in [2.45, 2.75) is 19.8 Å². The molecule has 0 aliphatic rings. The lowest BCUT2D eigenvalue weighted by Gasteiger charge is -2.10. The maximum Gasteiger partial charge on any atom is 0.326 e. The van der Waals surface area contributed by atoms with Crippen molar-refractivity contribution < 1.29 is 4.79 Å². The number of benzene rings is 1. The Labute approximate surface area is 132 Å². The molecule has 0 spiro atoms. The van der Waals surface area contributed by atoms with Gasteiger partial charge in [-0.2, -0.15) is 5.26 Å². The number of aromatic amines is 2. The normalized spacial score (nSPS) is 10.9. The summed E-state index contributed by atoms with van der Waals surface area (Å²) in [6.45, 7) is 3.54. The molecule has 0 atom stereocenters. The number of nitrogens with one attached hydrogen (secondary N) is 2. The van der Waals surface area contributed by atoms with Crippen LogP contribution in [0.15, 0.2) is 39.9 Å². The molecule has 0 radical (unpaired) electrons. The van der Waals surface area contributed by atoms with Crippen molar-refractivity contribution in [1.82, 2.24) is 9.97 Å². The van der Waals surface area contributed by atoms with Crippen LogP contribution in [0.5, 0.6) is 0 Å². The molecule has 2 aromatic rings. The largest absolute Gasteiger partial charge is 0.326 e. The van der Waals surface area contributed by atoms with Gasteiger partial charge in [0.2, 0.25) is 5.78 Å². The Bertz CT molecular complexity index is 927. The van der Waals surface area contributed by atoms with Crippen molar-refractivity contribution in [1.29, 1.82) is 5.26 Å². The maximum atomic E-state index is 12.7. The Hall–Kier alpha value is -3.20.